The number of hydrogen-bond acceptors (Lipinski definition) is 7. The van der Waals surface area contributed by atoms with Gasteiger partial charge in [-0.1, -0.05) is 49.1 Å². The SMILES string of the molecule is COc1cc2nc(N3CCN(C(=O)C(c4ccc(C)cc4)C4CCCCC4)CC3)nc(N)c2cc1OC. The summed E-state index contributed by atoms with van der Waals surface area (Å²) >= 11 is 0. The van der Waals surface area contributed by atoms with Crippen LogP contribution in [0, 0.1) is 12.8 Å². The first kappa shape index (κ1) is 25.1. The maximum absolute atomic E-state index is 13.9. The smallest absolute Gasteiger partial charge is 0.230 e. The lowest BCUT2D eigenvalue weighted by molar-refractivity contribution is -0.134. The van der Waals surface area contributed by atoms with Gasteiger partial charge in [0.05, 0.1) is 25.7 Å². The number of methoxy groups -OCH3 is 2. The number of fused-ring (bicyclic) bond motifs is 1. The van der Waals surface area contributed by atoms with Crippen molar-refractivity contribution in [2.75, 3.05) is 51.0 Å². The minimum absolute atomic E-state index is 0.0672. The summed E-state index contributed by atoms with van der Waals surface area (Å²) in [4.78, 5) is 27.4. The van der Waals surface area contributed by atoms with Crippen molar-refractivity contribution >= 4 is 28.6 Å². The van der Waals surface area contributed by atoms with Gasteiger partial charge in [-0.15, -0.1) is 0 Å². The van der Waals surface area contributed by atoms with E-state index in [9.17, 15) is 4.79 Å². The normalized spacial score (nSPS) is 17.6. The lowest BCUT2D eigenvalue weighted by Crippen LogP contribution is -2.51. The number of hydrogen-bond donors (Lipinski definition) is 1. The molecule has 1 aromatic heterocycles. The molecule has 196 valence electrons. The van der Waals surface area contributed by atoms with Crippen LogP contribution in [-0.2, 0) is 4.79 Å². The number of nitrogen functional groups attached to an aromatic ring is 1. The zero-order valence-electron chi connectivity index (χ0n) is 22.1. The molecule has 1 saturated heterocycles. The van der Waals surface area contributed by atoms with Gasteiger partial charge in [-0.25, -0.2) is 4.98 Å². The lowest BCUT2D eigenvalue weighted by atomic mass is 9.76. The summed E-state index contributed by atoms with van der Waals surface area (Å²) in [5.41, 5.74) is 9.39. The van der Waals surface area contributed by atoms with Crippen LogP contribution in [-0.4, -0.2) is 61.2 Å². The summed E-state index contributed by atoms with van der Waals surface area (Å²) < 4.78 is 10.8. The van der Waals surface area contributed by atoms with Crippen LogP contribution < -0.4 is 20.1 Å². The van der Waals surface area contributed by atoms with Gasteiger partial charge < -0.3 is 25.0 Å². The molecule has 5 rings (SSSR count). The van der Waals surface area contributed by atoms with E-state index in [0.29, 0.717) is 60.9 Å². The number of benzene rings is 2. The number of rotatable bonds is 6. The molecule has 2 aromatic carbocycles. The molecule has 3 aromatic rings. The summed E-state index contributed by atoms with van der Waals surface area (Å²) in [7, 11) is 3.19. The average Bonchev–Trinajstić information content (AvgIpc) is 2.94. The van der Waals surface area contributed by atoms with Gasteiger partial charge in [-0.05, 0) is 37.3 Å². The van der Waals surface area contributed by atoms with Crippen molar-refractivity contribution in [3.63, 3.8) is 0 Å². The number of nitrogens with zero attached hydrogens (tertiary/aromatic N) is 4. The molecule has 2 fully saturated rings. The van der Waals surface area contributed by atoms with Crippen molar-refractivity contribution in [1.29, 1.82) is 0 Å². The number of piperazine rings is 1. The second-order valence-corrected chi connectivity index (χ2v) is 10.2. The molecular weight excluding hydrogens is 466 g/mol. The van der Waals surface area contributed by atoms with Crippen molar-refractivity contribution in [3.8, 4) is 11.5 Å². The topological polar surface area (TPSA) is 93.8 Å². The van der Waals surface area contributed by atoms with Crippen LogP contribution in [0.25, 0.3) is 10.9 Å². The molecule has 1 aliphatic heterocycles. The van der Waals surface area contributed by atoms with E-state index >= 15 is 0 Å². The van der Waals surface area contributed by atoms with Crippen molar-refractivity contribution in [2.45, 2.75) is 44.9 Å². The Morgan fingerprint density at radius 2 is 1.59 bits per heavy atom. The van der Waals surface area contributed by atoms with E-state index in [1.807, 2.05) is 11.0 Å². The molecule has 0 radical (unpaired) electrons. The molecule has 8 heteroatoms. The maximum Gasteiger partial charge on any atom is 0.230 e. The molecule has 0 spiro atoms. The number of carbonyl (C=O) groups excluding carboxylic acids is 1. The molecule has 8 nitrogen and oxygen atoms in total. The third-order valence-electron chi connectivity index (χ3n) is 7.92. The predicted octanol–water partition coefficient (Wildman–Crippen LogP) is 4.55. The Morgan fingerprint density at radius 3 is 2.24 bits per heavy atom. The van der Waals surface area contributed by atoms with E-state index < -0.39 is 0 Å². The zero-order valence-corrected chi connectivity index (χ0v) is 22.1. The highest BCUT2D eigenvalue weighted by molar-refractivity contribution is 5.92. The van der Waals surface area contributed by atoms with E-state index in [1.165, 1.54) is 24.8 Å². The molecular formula is C29H37N5O3. The summed E-state index contributed by atoms with van der Waals surface area (Å²) in [6.45, 7) is 4.70. The van der Waals surface area contributed by atoms with Crippen molar-refractivity contribution in [1.82, 2.24) is 14.9 Å². The molecule has 2 aliphatic rings. The Kier molecular flexibility index (Phi) is 7.35. The highest BCUT2D eigenvalue weighted by Crippen LogP contribution is 2.38. The van der Waals surface area contributed by atoms with Crippen molar-refractivity contribution in [2.24, 2.45) is 5.92 Å². The second-order valence-electron chi connectivity index (χ2n) is 10.2. The van der Waals surface area contributed by atoms with Gasteiger partial charge in [-0.2, -0.15) is 4.98 Å². The van der Waals surface area contributed by atoms with Gasteiger partial charge in [0.15, 0.2) is 11.5 Å². The first-order valence-electron chi connectivity index (χ1n) is 13.3. The fourth-order valence-corrected chi connectivity index (χ4v) is 5.79. The van der Waals surface area contributed by atoms with Gasteiger partial charge in [0, 0.05) is 37.6 Å². The maximum atomic E-state index is 13.9. The Hall–Kier alpha value is -3.55. The van der Waals surface area contributed by atoms with E-state index in [2.05, 4.69) is 41.1 Å². The number of ether oxygens (including phenoxy) is 2. The number of nitrogens with two attached hydrogens (primary N) is 1. The van der Waals surface area contributed by atoms with E-state index in [1.54, 1.807) is 20.3 Å². The van der Waals surface area contributed by atoms with Crippen molar-refractivity contribution < 1.29 is 14.3 Å². The third-order valence-corrected chi connectivity index (χ3v) is 7.92. The van der Waals surface area contributed by atoms with Gasteiger partial charge in [0.2, 0.25) is 11.9 Å². The molecule has 1 atom stereocenters. The Bertz CT molecular complexity index is 1250. The molecule has 2 heterocycles. The number of aromatic nitrogens is 2. The number of carbonyl (C=O) groups is 1. The fourth-order valence-electron chi connectivity index (χ4n) is 5.79. The largest absolute Gasteiger partial charge is 0.493 e. The highest BCUT2D eigenvalue weighted by atomic mass is 16.5. The minimum Gasteiger partial charge on any atom is -0.493 e. The number of anilines is 2. The van der Waals surface area contributed by atoms with Crippen LogP contribution in [0.4, 0.5) is 11.8 Å². The monoisotopic (exact) mass is 503 g/mol. The molecule has 1 aliphatic carbocycles. The van der Waals surface area contributed by atoms with Crippen LogP contribution in [0.5, 0.6) is 11.5 Å². The molecule has 1 saturated carbocycles. The Morgan fingerprint density at radius 1 is 0.946 bits per heavy atom. The fraction of sp³-hybridized carbons (Fsp3) is 0.483. The van der Waals surface area contributed by atoms with Gasteiger partial charge in [0.1, 0.15) is 5.82 Å². The standard InChI is InChI=1S/C29H37N5O3/c1-19-9-11-21(12-10-19)26(20-7-5-4-6-8-20)28(35)33-13-15-34(16-14-33)29-31-23-18-25(37-3)24(36-2)17-22(23)27(30)32-29/h9-12,17-18,20,26H,4-8,13-16H2,1-3H3,(H2,30,31,32). The lowest BCUT2D eigenvalue weighted by Gasteiger charge is -2.39. The van der Waals surface area contributed by atoms with Crippen LogP contribution in [0.2, 0.25) is 0 Å². The quantitative estimate of drug-likeness (QED) is 0.527. The van der Waals surface area contributed by atoms with E-state index in [-0.39, 0.29) is 11.8 Å². The van der Waals surface area contributed by atoms with Gasteiger partial charge in [0.25, 0.3) is 0 Å². The molecule has 1 amide bonds. The molecule has 37 heavy (non-hydrogen) atoms. The molecule has 2 N–H and O–H groups in total. The average molecular weight is 504 g/mol. The Balaban J connectivity index is 1.34. The van der Waals surface area contributed by atoms with Crippen LogP contribution in [0.15, 0.2) is 36.4 Å². The third kappa shape index (κ3) is 5.15. The van der Waals surface area contributed by atoms with Crippen LogP contribution >= 0.6 is 0 Å². The first-order valence-corrected chi connectivity index (χ1v) is 13.3. The van der Waals surface area contributed by atoms with E-state index in [0.717, 1.165) is 23.8 Å². The predicted molar refractivity (Wildman–Crippen MR) is 146 cm³/mol. The van der Waals surface area contributed by atoms with Crippen LogP contribution in [0.3, 0.4) is 0 Å². The summed E-state index contributed by atoms with van der Waals surface area (Å²) in [6, 6.07) is 12.2. The zero-order chi connectivity index (χ0) is 25.9. The highest BCUT2D eigenvalue weighted by Gasteiger charge is 2.35. The number of aryl methyl sites for hydroxylation is 1. The second kappa shape index (κ2) is 10.8. The minimum atomic E-state index is -0.0672. The van der Waals surface area contributed by atoms with E-state index in [4.69, 9.17) is 20.2 Å². The van der Waals surface area contributed by atoms with Gasteiger partial charge in [-0.3, -0.25) is 4.79 Å². The Labute approximate surface area is 218 Å². The van der Waals surface area contributed by atoms with Gasteiger partial charge >= 0.3 is 0 Å². The summed E-state index contributed by atoms with van der Waals surface area (Å²) in [6.07, 6.45) is 5.96. The van der Waals surface area contributed by atoms with Crippen molar-refractivity contribution in [3.05, 3.63) is 47.5 Å². The first-order chi connectivity index (χ1) is 18.0. The number of amides is 1. The molecule has 0 bridgehead atoms. The van der Waals surface area contributed by atoms with Crippen LogP contribution in [0.1, 0.15) is 49.1 Å². The molecule has 1 unspecified atom stereocenters. The summed E-state index contributed by atoms with van der Waals surface area (Å²) in [5, 5.41) is 0.726. The summed E-state index contributed by atoms with van der Waals surface area (Å²) in [5.74, 6) is 2.76.